The molecule has 1 N–H and O–H groups in total. The molecule has 0 saturated carbocycles. The molecule has 1 aliphatic heterocycles. The number of hydrogen-bond acceptors (Lipinski definition) is 5. The van der Waals surface area contributed by atoms with E-state index in [0.717, 1.165) is 35.0 Å². The third-order valence-corrected chi connectivity index (χ3v) is 4.99. The summed E-state index contributed by atoms with van der Waals surface area (Å²) >= 11 is 7.58. The first kappa shape index (κ1) is 14.0. The lowest BCUT2D eigenvalue weighted by molar-refractivity contribution is 0.198. The molecule has 0 bridgehead atoms. The van der Waals surface area contributed by atoms with Gasteiger partial charge in [0, 0.05) is 6.54 Å². The average Bonchev–Trinajstić information content (AvgIpc) is 2.93. The summed E-state index contributed by atoms with van der Waals surface area (Å²) in [5.74, 6) is 1.60. The van der Waals surface area contributed by atoms with Crippen LogP contribution in [0.2, 0.25) is 5.28 Å². The highest BCUT2D eigenvalue weighted by atomic mass is 35.5. The van der Waals surface area contributed by atoms with Crippen molar-refractivity contribution in [3.63, 3.8) is 0 Å². The number of nitrogens with one attached hydrogen (secondary N) is 1. The van der Waals surface area contributed by atoms with Crippen molar-refractivity contribution in [1.29, 1.82) is 0 Å². The molecule has 2 aromatic heterocycles. The molecule has 0 aromatic carbocycles. The molecule has 1 aliphatic rings. The summed E-state index contributed by atoms with van der Waals surface area (Å²) in [6.45, 7) is 6.78. The van der Waals surface area contributed by atoms with Gasteiger partial charge in [-0.15, -0.1) is 11.3 Å². The number of piperidine rings is 1. The predicted octanol–water partition coefficient (Wildman–Crippen LogP) is 3.49. The molecule has 0 atom stereocenters. The van der Waals surface area contributed by atoms with E-state index in [0.29, 0.717) is 5.28 Å². The Morgan fingerprint density at radius 3 is 2.95 bits per heavy atom. The van der Waals surface area contributed by atoms with E-state index in [2.05, 4.69) is 33.2 Å². The highest BCUT2D eigenvalue weighted by Gasteiger charge is 2.18. The standard InChI is InChI=1S/C14H19ClN4S/c1-2-19-6-3-10(4-7-19)9-16-12-11-5-8-20-13(11)18-14(15)17-12/h5,8,10H,2-4,6-7,9H2,1H3,(H,16,17,18). The first-order valence-corrected chi connectivity index (χ1v) is 8.39. The maximum atomic E-state index is 5.98. The number of halogens is 1. The lowest BCUT2D eigenvalue weighted by Gasteiger charge is -2.31. The highest BCUT2D eigenvalue weighted by Crippen LogP contribution is 2.27. The molecule has 3 heterocycles. The SMILES string of the molecule is CCN1CCC(CNc2nc(Cl)nc3sccc23)CC1. The van der Waals surface area contributed by atoms with Crippen LogP contribution in [0.5, 0.6) is 0 Å². The van der Waals surface area contributed by atoms with Crippen LogP contribution in [0.15, 0.2) is 11.4 Å². The number of hydrogen-bond donors (Lipinski definition) is 1. The largest absolute Gasteiger partial charge is 0.369 e. The molecule has 108 valence electrons. The van der Waals surface area contributed by atoms with E-state index in [1.165, 1.54) is 25.9 Å². The summed E-state index contributed by atoms with van der Waals surface area (Å²) in [4.78, 5) is 12.0. The summed E-state index contributed by atoms with van der Waals surface area (Å²) in [6, 6.07) is 2.05. The van der Waals surface area contributed by atoms with Crippen LogP contribution in [0.4, 0.5) is 5.82 Å². The maximum Gasteiger partial charge on any atom is 0.225 e. The minimum atomic E-state index is 0.322. The zero-order valence-electron chi connectivity index (χ0n) is 11.6. The van der Waals surface area contributed by atoms with E-state index in [9.17, 15) is 0 Å². The molecule has 0 radical (unpaired) electrons. The Labute approximate surface area is 128 Å². The van der Waals surface area contributed by atoms with E-state index in [-0.39, 0.29) is 0 Å². The van der Waals surface area contributed by atoms with Gasteiger partial charge in [0.05, 0.1) is 5.39 Å². The van der Waals surface area contributed by atoms with Crippen molar-refractivity contribution in [2.45, 2.75) is 19.8 Å². The summed E-state index contributed by atoms with van der Waals surface area (Å²) in [5, 5.41) is 6.90. The average molecular weight is 311 g/mol. The van der Waals surface area contributed by atoms with Crippen molar-refractivity contribution in [2.75, 3.05) is 31.5 Å². The molecule has 1 saturated heterocycles. The van der Waals surface area contributed by atoms with Gasteiger partial charge in [0.1, 0.15) is 10.6 Å². The van der Waals surface area contributed by atoms with Crippen LogP contribution in [0.3, 0.4) is 0 Å². The topological polar surface area (TPSA) is 41.0 Å². The molecule has 2 aromatic rings. The monoisotopic (exact) mass is 310 g/mol. The van der Waals surface area contributed by atoms with Gasteiger partial charge < -0.3 is 10.2 Å². The molecule has 0 spiro atoms. The van der Waals surface area contributed by atoms with Crippen LogP contribution in [0.1, 0.15) is 19.8 Å². The van der Waals surface area contributed by atoms with Crippen LogP contribution >= 0.6 is 22.9 Å². The minimum absolute atomic E-state index is 0.322. The first-order valence-electron chi connectivity index (χ1n) is 7.13. The van der Waals surface area contributed by atoms with E-state index in [1.54, 1.807) is 11.3 Å². The van der Waals surface area contributed by atoms with E-state index >= 15 is 0 Å². The number of anilines is 1. The first-order chi connectivity index (χ1) is 9.76. The van der Waals surface area contributed by atoms with Gasteiger partial charge in [-0.2, -0.15) is 0 Å². The second-order valence-electron chi connectivity index (χ2n) is 5.24. The normalized spacial score (nSPS) is 17.7. The predicted molar refractivity (Wildman–Crippen MR) is 85.8 cm³/mol. The van der Waals surface area contributed by atoms with Crippen LogP contribution in [0, 0.1) is 5.92 Å². The second kappa shape index (κ2) is 6.24. The number of nitrogens with zero attached hydrogens (tertiary/aromatic N) is 3. The van der Waals surface area contributed by atoms with Crippen LogP contribution < -0.4 is 5.32 Å². The smallest absolute Gasteiger partial charge is 0.225 e. The van der Waals surface area contributed by atoms with Gasteiger partial charge in [0.15, 0.2) is 0 Å². The van der Waals surface area contributed by atoms with Crippen molar-refractivity contribution >= 4 is 39.0 Å². The van der Waals surface area contributed by atoms with Gasteiger partial charge in [0.25, 0.3) is 0 Å². The molecule has 0 unspecified atom stereocenters. The molecule has 1 fully saturated rings. The Bertz CT molecular complexity index is 578. The Morgan fingerprint density at radius 1 is 1.40 bits per heavy atom. The fourth-order valence-electron chi connectivity index (χ4n) is 2.71. The van der Waals surface area contributed by atoms with Gasteiger partial charge in [0.2, 0.25) is 5.28 Å². The fraction of sp³-hybridized carbons (Fsp3) is 0.571. The number of thiophene rings is 1. The van der Waals surface area contributed by atoms with E-state index < -0.39 is 0 Å². The molecule has 3 rings (SSSR count). The number of rotatable bonds is 4. The molecule has 0 amide bonds. The van der Waals surface area contributed by atoms with Crippen molar-refractivity contribution in [3.8, 4) is 0 Å². The van der Waals surface area contributed by atoms with Gasteiger partial charge in [-0.1, -0.05) is 6.92 Å². The quantitative estimate of drug-likeness (QED) is 0.878. The van der Waals surface area contributed by atoms with Gasteiger partial charge in [-0.25, -0.2) is 9.97 Å². The van der Waals surface area contributed by atoms with Gasteiger partial charge in [-0.3, -0.25) is 0 Å². The molecular formula is C14H19ClN4S. The Hall–Kier alpha value is -0.910. The van der Waals surface area contributed by atoms with Crippen LogP contribution in [0.25, 0.3) is 10.2 Å². The van der Waals surface area contributed by atoms with Crippen molar-refractivity contribution in [3.05, 3.63) is 16.7 Å². The van der Waals surface area contributed by atoms with E-state index in [4.69, 9.17) is 11.6 Å². The van der Waals surface area contributed by atoms with Gasteiger partial charge >= 0.3 is 0 Å². The molecule has 4 nitrogen and oxygen atoms in total. The van der Waals surface area contributed by atoms with Crippen LogP contribution in [-0.4, -0.2) is 41.0 Å². The number of aromatic nitrogens is 2. The van der Waals surface area contributed by atoms with Gasteiger partial charge in [-0.05, 0) is 61.4 Å². The lowest BCUT2D eigenvalue weighted by atomic mass is 9.97. The summed E-state index contributed by atoms with van der Waals surface area (Å²) in [7, 11) is 0. The molecule has 20 heavy (non-hydrogen) atoms. The van der Waals surface area contributed by atoms with Crippen molar-refractivity contribution < 1.29 is 0 Å². The zero-order chi connectivity index (χ0) is 13.9. The maximum absolute atomic E-state index is 5.98. The third-order valence-electron chi connectivity index (χ3n) is 4.01. The Morgan fingerprint density at radius 2 is 2.20 bits per heavy atom. The lowest BCUT2D eigenvalue weighted by Crippen LogP contribution is -2.35. The van der Waals surface area contributed by atoms with Crippen molar-refractivity contribution in [1.82, 2.24) is 14.9 Å². The van der Waals surface area contributed by atoms with Crippen LogP contribution in [-0.2, 0) is 0 Å². The summed E-state index contributed by atoms with van der Waals surface area (Å²) in [5.41, 5.74) is 0. The Kier molecular flexibility index (Phi) is 4.38. The molecule has 6 heteroatoms. The molecule has 0 aliphatic carbocycles. The highest BCUT2D eigenvalue weighted by molar-refractivity contribution is 7.16. The zero-order valence-corrected chi connectivity index (χ0v) is 13.2. The summed E-state index contributed by atoms with van der Waals surface area (Å²) in [6.07, 6.45) is 2.51. The van der Waals surface area contributed by atoms with E-state index in [1.807, 2.05) is 5.38 Å². The number of fused-ring (bicyclic) bond motifs is 1. The second-order valence-corrected chi connectivity index (χ2v) is 6.47. The van der Waals surface area contributed by atoms with Crippen molar-refractivity contribution in [2.24, 2.45) is 5.92 Å². The molecular weight excluding hydrogens is 292 g/mol. The minimum Gasteiger partial charge on any atom is -0.369 e. The number of likely N-dealkylation sites (tertiary alicyclic amines) is 1. The summed E-state index contributed by atoms with van der Waals surface area (Å²) < 4.78 is 0. The Balaban J connectivity index is 1.64. The third kappa shape index (κ3) is 3.05. The fourth-order valence-corrected chi connectivity index (χ4v) is 3.69.